The number of nitrogens with two attached hydrogens (primary N) is 1. The summed E-state index contributed by atoms with van der Waals surface area (Å²) in [6.45, 7) is 10.6. The molecule has 0 aromatic heterocycles. The maximum atomic E-state index is 13.5. The van der Waals surface area contributed by atoms with Crippen LogP contribution in [0.1, 0.15) is 44.5 Å². The Labute approximate surface area is 213 Å². The van der Waals surface area contributed by atoms with E-state index in [1.54, 1.807) is 14.2 Å². The van der Waals surface area contributed by atoms with Gasteiger partial charge in [0.1, 0.15) is 6.23 Å². The van der Waals surface area contributed by atoms with Crippen LogP contribution in [0.2, 0.25) is 0 Å². The molecule has 0 radical (unpaired) electrons. The minimum Gasteiger partial charge on any atom is -0.493 e. The number of amides is 1. The smallest absolute Gasteiger partial charge is 0.253 e. The second-order valence-electron chi connectivity index (χ2n) is 10.3. The molecule has 2 aromatic rings. The van der Waals surface area contributed by atoms with Crippen LogP contribution in [0.4, 0.5) is 17.1 Å². The van der Waals surface area contributed by atoms with E-state index in [0.717, 1.165) is 30.2 Å². The van der Waals surface area contributed by atoms with E-state index in [4.69, 9.17) is 19.9 Å². The van der Waals surface area contributed by atoms with E-state index in [0.29, 0.717) is 47.6 Å². The fraction of sp³-hybridized carbons (Fsp3) is 0.519. The summed E-state index contributed by atoms with van der Waals surface area (Å²) < 4.78 is 17.1. The van der Waals surface area contributed by atoms with Crippen molar-refractivity contribution in [2.75, 3.05) is 49.4 Å². The van der Waals surface area contributed by atoms with Crippen LogP contribution in [0.25, 0.3) is 0 Å². The third-order valence-electron chi connectivity index (χ3n) is 6.30. The van der Waals surface area contributed by atoms with E-state index in [9.17, 15) is 4.79 Å². The van der Waals surface area contributed by atoms with Crippen molar-refractivity contribution >= 4 is 23.0 Å². The summed E-state index contributed by atoms with van der Waals surface area (Å²) in [7, 11) is 3.17. The molecule has 2 atom stereocenters. The van der Waals surface area contributed by atoms with Gasteiger partial charge in [-0.25, -0.2) is 0 Å². The number of hydrogen-bond donors (Lipinski definition) is 3. The van der Waals surface area contributed by atoms with E-state index in [2.05, 4.69) is 43.2 Å². The third-order valence-corrected chi connectivity index (χ3v) is 6.30. The molecule has 0 saturated carbocycles. The van der Waals surface area contributed by atoms with Crippen molar-refractivity contribution in [3.05, 3.63) is 35.9 Å². The van der Waals surface area contributed by atoms with Gasteiger partial charge in [-0.2, -0.15) is 0 Å². The molecule has 1 amide bonds. The topological polar surface area (TPSA) is 101 Å². The predicted octanol–water partition coefficient (Wildman–Crippen LogP) is 4.15. The van der Waals surface area contributed by atoms with Crippen LogP contribution in [-0.2, 0) is 0 Å². The first-order valence-electron chi connectivity index (χ1n) is 12.6. The van der Waals surface area contributed by atoms with Crippen LogP contribution in [0.15, 0.2) is 30.3 Å². The van der Waals surface area contributed by atoms with Gasteiger partial charge < -0.3 is 34.6 Å². The zero-order chi connectivity index (χ0) is 26.0. The van der Waals surface area contributed by atoms with Crippen molar-refractivity contribution in [1.82, 2.24) is 4.90 Å². The number of benzene rings is 2. The Morgan fingerprint density at radius 3 is 2.47 bits per heavy atom. The first-order valence-corrected chi connectivity index (χ1v) is 12.6. The van der Waals surface area contributed by atoms with Gasteiger partial charge in [-0.15, -0.1) is 0 Å². The van der Waals surface area contributed by atoms with E-state index in [1.807, 2.05) is 35.2 Å². The maximum absolute atomic E-state index is 13.5. The van der Waals surface area contributed by atoms with E-state index in [-0.39, 0.29) is 12.2 Å². The first kappa shape index (κ1) is 25.8. The number of nitrogens with one attached hydrogen (secondary N) is 2. The molecule has 2 aliphatic rings. The molecule has 4 rings (SSSR count). The standard InChI is InChI=1S/C27H39N5O4/c1-16(2)14-31(15-17(3)4)26(33)18-7-8-20-21(11-18)32-10-9-24(28)36-23-13-19(29-27(32)30-20)12-22(34-5)25(23)35-6/h7-8,11-13,16-17,24,27,29-30H,9-10,14-15,28H2,1-6H3. The highest BCUT2D eigenvalue weighted by Gasteiger charge is 2.32. The summed E-state index contributed by atoms with van der Waals surface area (Å²) in [5, 5.41) is 7.06. The molecule has 2 heterocycles. The molecule has 0 aliphatic carbocycles. The summed E-state index contributed by atoms with van der Waals surface area (Å²) in [6, 6.07) is 9.60. The zero-order valence-corrected chi connectivity index (χ0v) is 22.1. The third kappa shape index (κ3) is 5.41. The summed E-state index contributed by atoms with van der Waals surface area (Å²) in [4.78, 5) is 17.7. The molecule has 2 unspecified atom stereocenters. The number of carbonyl (C=O) groups excluding carboxylic acids is 1. The SMILES string of the molecule is COc1cc2cc(c1OC)OC(N)CCN1c3cc(C(=O)N(CC(C)C)CC(C)C)ccc3NC1N2. The highest BCUT2D eigenvalue weighted by atomic mass is 16.5. The highest BCUT2D eigenvalue weighted by molar-refractivity contribution is 5.97. The van der Waals surface area contributed by atoms with Gasteiger partial charge in [0.05, 0.1) is 25.6 Å². The summed E-state index contributed by atoms with van der Waals surface area (Å²) in [5.74, 6) is 2.44. The molecule has 9 nitrogen and oxygen atoms in total. The van der Waals surface area contributed by atoms with Gasteiger partial charge in [-0.1, -0.05) is 27.7 Å². The Morgan fingerprint density at radius 2 is 1.83 bits per heavy atom. The molecule has 0 spiro atoms. The van der Waals surface area contributed by atoms with Crippen molar-refractivity contribution in [3.63, 3.8) is 0 Å². The number of ether oxygens (including phenoxy) is 3. The van der Waals surface area contributed by atoms with Crippen LogP contribution in [0.5, 0.6) is 17.2 Å². The van der Waals surface area contributed by atoms with E-state index in [1.165, 1.54) is 0 Å². The average Bonchev–Trinajstić information content (AvgIpc) is 3.16. The van der Waals surface area contributed by atoms with Gasteiger partial charge in [0.15, 0.2) is 17.8 Å². The zero-order valence-electron chi connectivity index (χ0n) is 22.1. The molecular weight excluding hydrogens is 458 g/mol. The van der Waals surface area contributed by atoms with E-state index < -0.39 is 6.23 Å². The molecule has 36 heavy (non-hydrogen) atoms. The lowest BCUT2D eigenvalue weighted by molar-refractivity contribution is 0.0715. The molecule has 196 valence electrons. The lowest BCUT2D eigenvalue weighted by atomic mass is 10.1. The second kappa shape index (κ2) is 10.7. The Bertz CT molecular complexity index is 1080. The summed E-state index contributed by atoms with van der Waals surface area (Å²) >= 11 is 0. The van der Waals surface area contributed by atoms with Crippen LogP contribution in [-0.4, -0.2) is 57.2 Å². The van der Waals surface area contributed by atoms with Crippen LogP contribution in [0, 0.1) is 11.8 Å². The highest BCUT2D eigenvalue weighted by Crippen LogP contribution is 2.43. The van der Waals surface area contributed by atoms with Gasteiger partial charge >= 0.3 is 0 Å². The molecule has 4 N–H and O–H groups in total. The maximum Gasteiger partial charge on any atom is 0.253 e. The van der Waals surface area contributed by atoms with Crippen LogP contribution >= 0.6 is 0 Å². The van der Waals surface area contributed by atoms with Crippen molar-refractivity contribution in [2.45, 2.75) is 46.6 Å². The molecule has 9 heteroatoms. The Kier molecular flexibility index (Phi) is 7.68. The molecule has 2 aliphatic heterocycles. The summed E-state index contributed by atoms with van der Waals surface area (Å²) in [6.07, 6.45) is -0.205. The van der Waals surface area contributed by atoms with E-state index >= 15 is 0 Å². The van der Waals surface area contributed by atoms with Crippen molar-refractivity contribution in [1.29, 1.82) is 0 Å². The molecule has 0 fully saturated rings. The van der Waals surface area contributed by atoms with Crippen molar-refractivity contribution in [3.8, 4) is 17.2 Å². The number of nitrogens with zero attached hydrogens (tertiary/aromatic N) is 2. The Balaban J connectivity index is 1.65. The van der Waals surface area contributed by atoms with Gasteiger partial charge in [0.25, 0.3) is 5.91 Å². The molecule has 2 aromatic carbocycles. The number of carbonyl (C=O) groups is 1. The Hall–Kier alpha value is -3.33. The molecule has 2 bridgehead atoms. The normalized spacial score (nSPS) is 18.5. The minimum absolute atomic E-state index is 0.0576. The molecular formula is C27H39N5O4. The average molecular weight is 498 g/mol. The number of rotatable bonds is 7. The number of hydrogen-bond acceptors (Lipinski definition) is 8. The first-order chi connectivity index (χ1) is 17.2. The largest absolute Gasteiger partial charge is 0.493 e. The quantitative estimate of drug-likeness (QED) is 0.524. The van der Waals surface area contributed by atoms with Gasteiger partial charge in [0, 0.05) is 49.4 Å². The second-order valence-corrected chi connectivity index (χ2v) is 10.3. The monoisotopic (exact) mass is 497 g/mol. The lowest BCUT2D eigenvalue weighted by Crippen LogP contribution is -2.45. The van der Waals surface area contributed by atoms with Crippen LogP contribution in [0.3, 0.4) is 0 Å². The number of methoxy groups -OCH3 is 2. The fourth-order valence-corrected chi connectivity index (χ4v) is 4.80. The number of anilines is 3. The van der Waals surface area contributed by atoms with Crippen molar-refractivity contribution < 1.29 is 19.0 Å². The number of fused-ring (bicyclic) bond motifs is 5. The lowest BCUT2D eigenvalue weighted by Gasteiger charge is -2.31. The Morgan fingerprint density at radius 1 is 1.11 bits per heavy atom. The molecule has 0 saturated heterocycles. The van der Waals surface area contributed by atoms with Gasteiger partial charge in [-0.3, -0.25) is 10.5 Å². The minimum atomic E-state index is -0.543. The van der Waals surface area contributed by atoms with Crippen molar-refractivity contribution in [2.24, 2.45) is 17.6 Å². The summed E-state index contributed by atoms with van der Waals surface area (Å²) in [5.41, 5.74) is 9.74. The predicted molar refractivity (Wildman–Crippen MR) is 143 cm³/mol. The van der Waals surface area contributed by atoms with Gasteiger partial charge in [-0.05, 0) is 30.0 Å². The van der Waals surface area contributed by atoms with Crippen LogP contribution < -0.4 is 35.5 Å². The van der Waals surface area contributed by atoms with Gasteiger partial charge in [0.2, 0.25) is 5.75 Å². The fourth-order valence-electron chi connectivity index (χ4n) is 4.80.